The van der Waals surface area contributed by atoms with E-state index in [9.17, 15) is 4.79 Å². The maximum absolute atomic E-state index is 11.3. The van der Waals surface area contributed by atoms with Gasteiger partial charge in [-0.2, -0.15) is 0 Å². The van der Waals surface area contributed by atoms with Crippen LogP contribution in [0.3, 0.4) is 0 Å². The number of amides is 1. The summed E-state index contributed by atoms with van der Waals surface area (Å²) >= 11 is 0. The topological polar surface area (TPSA) is 77.0 Å². The molecule has 1 aromatic heterocycles. The summed E-state index contributed by atoms with van der Waals surface area (Å²) in [6.45, 7) is 1.49. The van der Waals surface area contributed by atoms with Crippen LogP contribution in [-0.2, 0) is 24.3 Å². The van der Waals surface area contributed by atoms with Crippen LogP contribution in [0.1, 0.15) is 18.1 Å². The van der Waals surface area contributed by atoms with Gasteiger partial charge in [-0.1, -0.05) is 0 Å². The molecule has 0 atom stereocenters. The Morgan fingerprint density at radius 2 is 2.40 bits per heavy atom. The van der Waals surface area contributed by atoms with Gasteiger partial charge in [0.2, 0.25) is 5.91 Å². The van der Waals surface area contributed by atoms with Gasteiger partial charge in [-0.15, -0.1) is 10.2 Å². The predicted molar refractivity (Wildman–Crippen MR) is 53.9 cm³/mol. The maximum atomic E-state index is 11.3. The van der Waals surface area contributed by atoms with E-state index in [-0.39, 0.29) is 12.5 Å². The number of fused-ring (bicyclic) bond motifs is 1. The molecule has 0 aromatic carbocycles. The first kappa shape index (κ1) is 10.1. The zero-order valence-electron chi connectivity index (χ0n) is 8.81. The van der Waals surface area contributed by atoms with E-state index >= 15 is 0 Å². The zero-order chi connectivity index (χ0) is 10.8. The molecule has 1 amide bonds. The molecule has 6 heteroatoms. The third kappa shape index (κ3) is 1.85. The van der Waals surface area contributed by atoms with Crippen molar-refractivity contribution in [1.82, 2.24) is 19.7 Å². The molecule has 2 rings (SSSR count). The lowest BCUT2D eigenvalue weighted by atomic mass is 10.4. The molecule has 0 fully saturated rings. The number of hydrogen-bond donors (Lipinski definition) is 1. The normalized spacial score (nSPS) is 14.0. The molecule has 2 N–H and O–H groups in total. The monoisotopic (exact) mass is 209 g/mol. The van der Waals surface area contributed by atoms with Crippen LogP contribution in [0.25, 0.3) is 0 Å². The summed E-state index contributed by atoms with van der Waals surface area (Å²) in [4.78, 5) is 12.9. The van der Waals surface area contributed by atoms with Crippen LogP contribution < -0.4 is 5.73 Å². The Balaban J connectivity index is 2.08. The zero-order valence-corrected chi connectivity index (χ0v) is 8.81. The maximum Gasteiger partial charge on any atom is 0.236 e. The van der Waals surface area contributed by atoms with Crippen molar-refractivity contribution in [3.63, 3.8) is 0 Å². The van der Waals surface area contributed by atoms with Gasteiger partial charge in [-0.3, -0.25) is 4.79 Å². The smallest absolute Gasteiger partial charge is 0.236 e. The van der Waals surface area contributed by atoms with Crippen molar-refractivity contribution in [2.45, 2.75) is 25.9 Å². The van der Waals surface area contributed by atoms with Crippen LogP contribution in [0.5, 0.6) is 0 Å². The van der Waals surface area contributed by atoms with Crippen LogP contribution >= 0.6 is 0 Å². The third-order valence-corrected chi connectivity index (χ3v) is 2.67. The number of aryl methyl sites for hydroxylation is 1. The minimum Gasteiger partial charge on any atom is -0.337 e. The summed E-state index contributed by atoms with van der Waals surface area (Å²) in [6.07, 6.45) is 2.11. The van der Waals surface area contributed by atoms with Crippen LogP contribution in [0.2, 0.25) is 0 Å². The highest BCUT2D eigenvalue weighted by Gasteiger charge is 2.19. The third-order valence-electron chi connectivity index (χ3n) is 2.67. The van der Waals surface area contributed by atoms with Crippen molar-refractivity contribution in [3.8, 4) is 0 Å². The fourth-order valence-corrected chi connectivity index (χ4v) is 1.78. The standard InChI is InChI=1S/C9H15N5O/c1-13(9(15)5-10)6-8-12-11-7-3-2-4-14(7)8/h2-6,10H2,1H3. The molecular weight excluding hydrogens is 194 g/mol. The van der Waals surface area contributed by atoms with E-state index in [4.69, 9.17) is 5.73 Å². The highest BCUT2D eigenvalue weighted by Crippen LogP contribution is 2.14. The van der Waals surface area contributed by atoms with Gasteiger partial charge in [-0.05, 0) is 6.42 Å². The number of rotatable bonds is 3. The summed E-state index contributed by atoms with van der Waals surface area (Å²) in [7, 11) is 1.73. The second kappa shape index (κ2) is 3.98. The summed E-state index contributed by atoms with van der Waals surface area (Å²) in [5.74, 6) is 1.80. The van der Waals surface area contributed by atoms with Crippen molar-refractivity contribution >= 4 is 5.91 Å². The number of likely N-dealkylation sites (N-methyl/N-ethyl adjacent to an activating group) is 1. The van der Waals surface area contributed by atoms with E-state index in [0.717, 1.165) is 31.0 Å². The van der Waals surface area contributed by atoms with Gasteiger partial charge in [0.15, 0.2) is 5.82 Å². The van der Waals surface area contributed by atoms with E-state index in [1.807, 2.05) is 0 Å². The van der Waals surface area contributed by atoms with Crippen LogP contribution in [0.4, 0.5) is 0 Å². The molecule has 6 nitrogen and oxygen atoms in total. The van der Waals surface area contributed by atoms with E-state index in [1.165, 1.54) is 0 Å². The number of nitrogens with two attached hydrogens (primary N) is 1. The summed E-state index contributed by atoms with van der Waals surface area (Å²) in [5, 5.41) is 8.15. The molecule has 1 aliphatic rings. The SMILES string of the molecule is CN(Cc1nnc2n1CCC2)C(=O)CN. The molecule has 0 unspecified atom stereocenters. The lowest BCUT2D eigenvalue weighted by Crippen LogP contribution is -2.33. The Labute approximate surface area is 88.1 Å². The summed E-state index contributed by atoms with van der Waals surface area (Å²) < 4.78 is 2.08. The average molecular weight is 209 g/mol. The van der Waals surface area contributed by atoms with Gasteiger partial charge < -0.3 is 15.2 Å². The molecule has 0 saturated carbocycles. The minimum absolute atomic E-state index is 0.0392. The van der Waals surface area contributed by atoms with Gasteiger partial charge in [0.25, 0.3) is 0 Å². The minimum atomic E-state index is -0.0784. The van der Waals surface area contributed by atoms with Crippen LogP contribution in [0.15, 0.2) is 0 Å². The Kier molecular flexibility index (Phi) is 2.68. The van der Waals surface area contributed by atoms with Gasteiger partial charge in [0.1, 0.15) is 5.82 Å². The Morgan fingerprint density at radius 1 is 1.60 bits per heavy atom. The van der Waals surface area contributed by atoms with Crippen molar-refractivity contribution in [2.75, 3.05) is 13.6 Å². The number of hydrogen-bond acceptors (Lipinski definition) is 4. The highest BCUT2D eigenvalue weighted by molar-refractivity contribution is 5.77. The molecule has 0 aliphatic carbocycles. The molecule has 1 aliphatic heterocycles. The summed E-state index contributed by atoms with van der Waals surface area (Å²) in [6, 6.07) is 0. The van der Waals surface area contributed by atoms with Crippen molar-refractivity contribution < 1.29 is 4.79 Å². The lowest BCUT2D eigenvalue weighted by Gasteiger charge is -2.15. The molecule has 0 radical (unpaired) electrons. The number of aromatic nitrogens is 3. The largest absolute Gasteiger partial charge is 0.337 e. The number of carbonyl (C=O) groups excluding carboxylic acids is 1. The quantitative estimate of drug-likeness (QED) is 0.703. The fourth-order valence-electron chi connectivity index (χ4n) is 1.78. The van der Waals surface area contributed by atoms with Crippen molar-refractivity contribution in [2.24, 2.45) is 5.73 Å². The Bertz CT molecular complexity index is 373. The molecule has 0 saturated heterocycles. The van der Waals surface area contributed by atoms with Crippen molar-refractivity contribution in [3.05, 3.63) is 11.6 Å². The van der Waals surface area contributed by atoms with Gasteiger partial charge in [0.05, 0.1) is 13.1 Å². The van der Waals surface area contributed by atoms with Gasteiger partial charge in [-0.25, -0.2) is 0 Å². The van der Waals surface area contributed by atoms with E-state index in [1.54, 1.807) is 11.9 Å². The first-order chi connectivity index (χ1) is 7.22. The lowest BCUT2D eigenvalue weighted by molar-refractivity contribution is -0.129. The summed E-state index contributed by atoms with van der Waals surface area (Å²) in [5.41, 5.74) is 5.28. The van der Waals surface area contributed by atoms with Gasteiger partial charge in [0, 0.05) is 20.0 Å². The van der Waals surface area contributed by atoms with E-state index in [0.29, 0.717) is 6.54 Å². The fraction of sp³-hybridized carbons (Fsp3) is 0.667. The van der Waals surface area contributed by atoms with E-state index < -0.39 is 0 Å². The first-order valence-electron chi connectivity index (χ1n) is 5.07. The van der Waals surface area contributed by atoms with Gasteiger partial charge >= 0.3 is 0 Å². The first-order valence-corrected chi connectivity index (χ1v) is 5.07. The Hall–Kier alpha value is -1.43. The van der Waals surface area contributed by atoms with Crippen LogP contribution in [0, 0.1) is 0 Å². The Morgan fingerprint density at radius 3 is 3.13 bits per heavy atom. The molecule has 0 bridgehead atoms. The number of carbonyl (C=O) groups is 1. The molecule has 2 heterocycles. The highest BCUT2D eigenvalue weighted by atomic mass is 16.2. The van der Waals surface area contributed by atoms with Crippen molar-refractivity contribution in [1.29, 1.82) is 0 Å². The molecule has 0 spiro atoms. The predicted octanol–water partition coefficient (Wildman–Crippen LogP) is -0.859. The molecule has 15 heavy (non-hydrogen) atoms. The molecule has 1 aromatic rings. The molecular formula is C9H15N5O. The second-order valence-corrected chi connectivity index (χ2v) is 3.74. The average Bonchev–Trinajstić information content (AvgIpc) is 2.81. The number of nitrogens with zero attached hydrogens (tertiary/aromatic N) is 4. The van der Waals surface area contributed by atoms with E-state index in [2.05, 4.69) is 14.8 Å². The molecule has 82 valence electrons. The second-order valence-electron chi connectivity index (χ2n) is 3.74. The van der Waals surface area contributed by atoms with Crippen LogP contribution in [-0.4, -0.2) is 39.2 Å².